The van der Waals surface area contributed by atoms with Gasteiger partial charge in [0.05, 0.1) is 10.4 Å². The summed E-state index contributed by atoms with van der Waals surface area (Å²) in [6, 6.07) is 20.1. The first kappa shape index (κ1) is 14.8. The molecule has 0 fully saturated rings. The molecule has 2 heterocycles. The van der Waals surface area contributed by atoms with Crippen LogP contribution in [0.25, 0.3) is 21.1 Å². The second kappa shape index (κ2) is 6.06. The Labute approximate surface area is 144 Å². The fourth-order valence-corrected chi connectivity index (χ4v) is 3.67. The molecule has 2 aromatic heterocycles. The average Bonchev–Trinajstić information content (AvgIpc) is 3.01. The lowest BCUT2D eigenvalue weighted by Gasteiger charge is -2.02. The van der Waals surface area contributed by atoms with Crippen molar-refractivity contribution in [2.75, 3.05) is 0 Å². The predicted molar refractivity (Wildman–Crippen MR) is 99.5 cm³/mol. The number of benzene rings is 2. The molecule has 2 aromatic carbocycles. The van der Waals surface area contributed by atoms with Crippen molar-refractivity contribution < 1.29 is 4.79 Å². The molecule has 3 nitrogen and oxygen atoms in total. The molecule has 4 aromatic rings. The lowest BCUT2D eigenvalue weighted by molar-refractivity contribution is 0.0955. The van der Waals surface area contributed by atoms with Gasteiger partial charge < -0.3 is 5.32 Å². The molecule has 1 N–H and O–H groups in total. The molecule has 0 aliphatic heterocycles. The van der Waals surface area contributed by atoms with E-state index in [-0.39, 0.29) is 5.91 Å². The highest BCUT2D eigenvalue weighted by atomic mass is 32.1. The van der Waals surface area contributed by atoms with Crippen molar-refractivity contribution in [1.82, 2.24) is 10.3 Å². The summed E-state index contributed by atoms with van der Waals surface area (Å²) in [4.78, 5) is 18.7. The zero-order valence-corrected chi connectivity index (χ0v) is 14.1. The summed E-state index contributed by atoms with van der Waals surface area (Å²) in [5.41, 5.74) is 3.26. The molecule has 1 amide bonds. The van der Waals surface area contributed by atoms with Crippen LogP contribution in [0.1, 0.15) is 20.8 Å². The van der Waals surface area contributed by atoms with Crippen molar-refractivity contribution in [3.63, 3.8) is 0 Å². The van der Waals surface area contributed by atoms with Gasteiger partial charge in [0.25, 0.3) is 5.91 Å². The minimum Gasteiger partial charge on any atom is -0.347 e. The highest BCUT2D eigenvalue weighted by molar-refractivity contribution is 7.20. The van der Waals surface area contributed by atoms with Crippen LogP contribution in [0, 0.1) is 6.92 Å². The van der Waals surface area contributed by atoms with Crippen molar-refractivity contribution in [2.24, 2.45) is 0 Å². The molecule has 0 saturated heterocycles. The topological polar surface area (TPSA) is 42.0 Å². The number of amides is 1. The Kier molecular flexibility index (Phi) is 3.75. The van der Waals surface area contributed by atoms with Crippen molar-refractivity contribution in [3.05, 3.63) is 76.7 Å². The second-order valence-corrected chi connectivity index (χ2v) is 6.89. The minimum atomic E-state index is -0.0536. The fourth-order valence-electron chi connectivity index (χ4n) is 2.73. The fraction of sp³-hybridized carbons (Fsp3) is 0.100. The number of nitrogens with zero attached hydrogens (tertiary/aromatic N) is 1. The first-order valence-electron chi connectivity index (χ1n) is 7.82. The van der Waals surface area contributed by atoms with Gasteiger partial charge in [-0.25, -0.2) is 4.98 Å². The summed E-state index contributed by atoms with van der Waals surface area (Å²) < 4.78 is 0. The molecule has 0 spiro atoms. The van der Waals surface area contributed by atoms with Crippen LogP contribution in [0.4, 0.5) is 0 Å². The monoisotopic (exact) mass is 332 g/mol. The van der Waals surface area contributed by atoms with E-state index < -0.39 is 0 Å². The van der Waals surface area contributed by atoms with E-state index in [0.29, 0.717) is 11.4 Å². The number of pyridine rings is 1. The normalized spacial score (nSPS) is 11.0. The minimum absolute atomic E-state index is 0.0536. The number of hydrogen-bond acceptors (Lipinski definition) is 3. The summed E-state index contributed by atoms with van der Waals surface area (Å²) in [7, 11) is 0. The van der Waals surface area contributed by atoms with Gasteiger partial charge in [-0.2, -0.15) is 0 Å². The van der Waals surface area contributed by atoms with Crippen molar-refractivity contribution in [3.8, 4) is 0 Å². The SMILES string of the molecule is Cc1ccc2nc3sc(C(=O)NCc4ccccc4)cc3cc2c1. The molecule has 4 heteroatoms. The number of hydrogen-bond donors (Lipinski definition) is 1. The first-order valence-corrected chi connectivity index (χ1v) is 8.64. The van der Waals surface area contributed by atoms with Crippen LogP contribution in [-0.2, 0) is 6.54 Å². The molecule has 118 valence electrons. The van der Waals surface area contributed by atoms with Gasteiger partial charge in [-0.15, -0.1) is 11.3 Å². The summed E-state index contributed by atoms with van der Waals surface area (Å²) in [6.45, 7) is 2.60. The van der Waals surface area contributed by atoms with Gasteiger partial charge >= 0.3 is 0 Å². The molecule has 0 aliphatic carbocycles. The Hall–Kier alpha value is -2.72. The lowest BCUT2D eigenvalue weighted by Crippen LogP contribution is -2.21. The molecule has 4 rings (SSSR count). The molecular formula is C20H16N2OS. The predicted octanol–water partition coefficient (Wildman–Crippen LogP) is 4.69. The maximum atomic E-state index is 12.4. The second-order valence-electron chi connectivity index (χ2n) is 5.86. The molecule has 0 atom stereocenters. The third-order valence-electron chi connectivity index (χ3n) is 3.98. The number of aromatic nitrogens is 1. The Balaban J connectivity index is 1.62. The van der Waals surface area contributed by atoms with E-state index in [0.717, 1.165) is 26.7 Å². The molecule has 0 unspecified atom stereocenters. The highest BCUT2D eigenvalue weighted by Gasteiger charge is 2.11. The number of rotatable bonds is 3. The van der Waals surface area contributed by atoms with Crippen molar-refractivity contribution in [2.45, 2.75) is 13.5 Å². The van der Waals surface area contributed by atoms with E-state index in [4.69, 9.17) is 0 Å². The third-order valence-corrected chi connectivity index (χ3v) is 5.02. The number of aryl methyl sites for hydroxylation is 1. The number of nitrogens with one attached hydrogen (secondary N) is 1. The summed E-state index contributed by atoms with van der Waals surface area (Å²) in [5.74, 6) is -0.0536. The quantitative estimate of drug-likeness (QED) is 0.591. The van der Waals surface area contributed by atoms with Gasteiger partial charge in [0.15, 0.2) is 0 Å². The van der Waals surface area contributed by atoms with Gasteiger partial charge in [0.1, 0.15) is 4.83 Å². The van der Waals surface area contributed by atoms with Gasteiger partial charge in [0, 0.05) is 17.3 Å². The maximum absolute atomic E-state index is 12.4. The zero-order chi connectivity index (χ0) is 16.5. The molecule has 0 aliphatic rings. The average molecular weight is 332 g/mol. The standard InChI is InChI=1S/C20H16N2OS/c1-13-7-8-17-15(9-13)10-16-11-18(24-20(16)22-17)19(23)21-12-14-5-3-2-4-6-14/h2-11H,12H2,1H3,(H,21,23). The smallest absolute Gasteiger partial charge is 0.261 e. The van der Waals surface area contributed by atoms with E-state index in [1.807, 2.05) is 42.5 Å². The van der Waals surface area contributed by atoms with Crippen LogP contribution in [0.5, 0.6) is 0 Å². The Morgan fingerprint density at radius 1 is 1.04 bits per heavy atom. The number of carbonyl (C=O) groups is 1. The molecule has 0 radical (unpaired) electrons. The van der Waals surface area contributed by atoms with E-state index in [2.05, 4.69) is 35.4 Å². The summed E-state index contributed by atoms with van der Waals surface area (Å²) >= 11 is 1.44. The molecule has 24 heavy (non-hydrogen) atoms. The molecular weight excluding hydrogens is 316 g/mol. The Morgan fingerprint density at radius 2 is 1.88 bits per heavy atom. The lowest BCUT2D eigenvalue weighted by atomic mass is 10.1. The summed E-state index contributed by atoms with van der Waals surface area (Å²) in [6.07, 6.45) is 0. The van der Waals surface area contributed by atoms with Crippen molar-refractivity contribution in [1.29, 1.82) is 0 Å². The summed E-state index contributed by atoms with van der Waals surface area (Å²) in [5, 5.41) is 5.10. The van der Waals surface area contributed by atoms with E-state index in [1.54, 1.807) is 0 Å². The van der Waals surface area contributed by atoms with Gasteiger partial charge in [-0.1, -0.05) is 42.0 Å². The van der Waals surface area contributed by atoms with Crippen LogP contribution in [-0.4, -0.2) is 10.9 Å². The number of thiophene rings is 1. The van der Waals surface area contributed by atoms with Gasteiger partial charge in [-0.05, 0) is 36.8 Å². The highest BCUT2D eigenvalue weighted by Crippen LogP contribution is 2.27. The zero-order valence-electron chi connectivity index (χ0n) is 13.2. The van der Waals surface area contributed by atoms with E-state index >= 15 is 0 Å². The third kappa shape index (κ3) is 2.88. The Bertz CT molecular complexity index is 1040. The van der Waals surface area contributed by atoms with Gasteiger partial charge in [0.2, 0.25) is 0 Å². The van der Waals surface area contributed by atoms with Crippen molar-refractivity contribution >= 4 is 38.4 Å². The van der Waals surface area contributed by atoms with Crippen LogP contribution in [0.3, 0.4) is 0 Å². The van der Waals surface area contributed by atoms with Crippen LogP contribution >= 0.6 is 11.3 Å². The number of carbonyl (C=O) groups excluding carboxylic acids is 1. The largest absolute Gasteiger partial charge is 0.347 e. The van der Waals surface area contributed by atoms with E-state index in [9.17, 15) is 4.79 Å². The van der Waals surface area contributed by atoms with Crippen LogP contribution < -0.4 is 5.32 Å². The van der Waals surface area contributed by atoms with Crippen LogP contribution in [0.2, 0.25) is 0 Å². The molecule has 0 bridgehead atoms. The number of fused-ring (bicyclic) bond motifs is 2. The van der Waals surface area contributed by atoms with Gasteiger partial charge in [-0.3, -0.25) is 4.79 Å². The van der Waals surface area contributed by atoms with Crippen LogP contribution in [0.15, 0.2) is 60.7 Å². The molecule has 0 saturated carbocycles. The van der Waals surface area contributed by atoms with E-state index in [1.165, 1.54) is 16.9 Å². The first-order chi connectivity index (χ1) is 11.7. The maximum Gasteiger partial charge on any atom is 0.261 e. The Morgan fingerprint density at radius 3 is 2.71 bits per heavy atom.